The smallest absolute Gasteiger partial charge is 0.165 e. The van der Waals surface area contributed by atoms with Crippen LogP contribution in [-0.4, -0.2) is 29.5 Å². The van der Waals surface area contributed by atoms with E-state index >= 15 is 0 Å². The Balaban J connectivity index is 1.87. The maximum atomic E-state index is 11.9. The second-order valence-corrected chi connectivity index (χ2v) is 4.79. The summed E-state index contributed by atoms with van der Waals surface area (Å²) in [6.07, 6.45) is 2.87. The van der Waals surface area contributed by atoms with Gasteiger partial charge in [-0.15, -0.1) is 0 Å². The van der Waals surface area contributed by atoms with Crippen LogP contribution in [0, 0.1) is 0 Å². The molecule has 18 heavy (non-hydrogen) atoms. The highest BCUT2D eigenvalue weighted by atomic mass is 16.5. The quantitative estimate of drug-likeness (QED) is 0.823. The molecule has 4 nitrogen and oxygen atoms in total. The molecule has 0 amide bonds. The van der Waals surface area contributed by atoms with Crippen molar-refractivity contribution in [1.29, 1.82) is 0 Å². The molecule has 0 bridgehead atoms. The fourth-order valence-corrected chi connectivity index (χ4v) is 2.09. The molecule has 0 radical (unpaired) electrons. The van der Waals surface area contributed by atoms with Gasteiger partial charge in [0.25, 0.3) is 0 Å². The summed E-state index contributed by atoms with van der Waals surface area (Å²) < 4.78 is 4.92. The summed E-state index contributed by atoms with van der Waals surface area (Å²) in [5, 5.41) is 0. The molecule has 0 spiro atoms. The number of aromatic nitrogens is 2. The Morgan fingerprint density at radius 3 is 3.06 bits per heavy atom. The number of carbonyl (C=O) groups excluding carboxylic acids is 1. The van der Waals surface area contributed by atoms with Crippen LogP contribution in [0.4, 0.5) is 0 Å². The van der Waals surface area contributed by atoms with E-state index in [2.05, 4.69) is 9.97 Å². The topological polar surface area (TPSA) is 55.0 Å². The number of fused-ring (bicyclic) bond motifs is 1. The highest BCUT2D eigenvalue weighted by Gasteiger charge is 2.26. The lowest BCUT2D eigenvalue weighted by molar-refractivity contribution is 0.0932. The lowest BCUT2D eigenvalue weighted by atomic mass is 10.1. The number of H-pyrrole nitrogens is 1. The molecule has 3 rings (SSSR count). The number of ketones is 1. The molecule has 1 saturated carbocycles. The monoisotopic (exact) mass is 244 g/mol. The zero-order valence-electron chi connectivity index (χ0n) is 10.4. The van der Waals surface area contributed by atoms with Gasteiger partial charge < -0.3 is 9.72 Å². The van der Waals surface area contributed by atoms with Crippen molar-refractivity contribution in [2.24, 2.45) is 0 Å². The van der Waals surface area contributed by atoms with Gasteiger partial charge >= 0.3 is 0 Å². The summed E-state index contributed by atoms with van der Waals surface area (Å²) in [7, 11) is 1.60. The molecule has 1 aromatic carbocycles. The van der Waals surface area contributed by atoms with Crippen molar-refractivity contribution in [2.75, 3.05) is 13.7 Å². The minimum Gasteiger partial charge on any atom is -0.384 e. The third kappa shape index (κ3) is 2.16. The number of hydrogen-bond acceptors (Lipinski definition) is 3. The van der Waals surface area contributed by atoms with E-state index in [0.29, 0.717) is 18.9 Å². The fraction of sp³-hybridized carbons (Fsp3) is 0.429. The average molecular weight is 244 g/mol. The van der Waals surface area contributed by atoms with Gasteiger partial charge in [-0.3, -0.25) is 4.79 Å². The largest absolute Gasteiger partial charge is 0.384 e. The molecule has 1 aliphatic carbocycles. The van der Waals surface area contributed by atoms with Crippen LogP contribution in [0.3, 0.4) is 0 Å². The van der Waals surface area contributed by atoms with Crippen LogP contribution < -0.4 is 0 Å². The molecule has 94 valence electrons. The summed E-state index contributed by atoms with van der Waals surface area (Å²) in [4.78, 5) is 19.7. The molecule has 1 aliphatic rings. The van der Waals surface area contributed by atoms with Crippen molar-refractivity contribution in [3.63, 3.8) is 0 Å². The minimum absolute atomic E-state index is 0.112. The van der Waals surface area contributed by atoms with E-state index in [1.54, 1.807) is 7.11 Å². The molecule has 0 atom stereocenters. The Morgan fingerprint density at radius 1 is 1.50 bits per heavy atom. The first kappa shape index (κ1) is 11.4. The van der Waals surface area contributed by atoms with Crippen LogP contribution in [0.15, 0.2) is 18.2 Å². The molecular weight excluding hydrogens is 228 g/mol. The summed E-state index contributed by atoms with van der Waals surface area (Å²) >= 11 is 0. The summed E-state index contributed by atoms with van der Waals surface area (Å²) in [6, 6.07) is 5.65. The van der Waals surface area contributed by atoms with Crippen LogP contribution >= 0.6 is 0 Å². The molecule has 1 heterocycles. The third-order valence-electron chi connectivity index (χ3n) is 3.32. The molecule has 0 aliphatic heterocycles. The van der Waals surface area contributed by atoms with Gasteiger partial charge in [0, 0.05) is 25.0 Å². The highest BCUT2D eigenvalue weighted by molar-refractivity contribution is 5.98. The number of benzene rings is 1. The van der Waals surface area contributed by atoms with Crippen LogP contribution in [0.5, 0.6) is 0 Å². The first-order valence-corrected chi connectivity index (χ1v) is 6.30. The molecular formula is C14H16N2O2. The van der Waals surface area contributed by atoms with Crippen LogP contribution in [0.25, 0.3) is 11.0 Å². The summed E-state index contributed by atoms with van der Waals surface area (Å²) in [6.45, 7) is 0.465. The Hall–Kier alpha value is -1.68. The molecule has 1 aromatic heterocycles. The van der Waals surface area contributed by atoms with Crippen molar-refractivity contribution in [1.82, 2.24) is 9.97 Å². The van der Waals surface area contributed by atoms with E-state index in [-0.39, 0.29) is 5.78 Å². The van der Waals surface area contributed by atoms with Gasteiger partial charge in [0.05, 0.1) is 17.6 Å². The molecule has 0 unspecified atom stereocenters. The predicted molar refractivity (Wildman–Crippen MR) is 68.9 cm³/mol. The number of nitrogens with zero attached hydrogens (tertiary/aromatic N) is 1. The fourth-order valence-electron chi connectivity index (χ4n) is 2.09. The lowest BCUT2D eigenvalue weighted by Crippen LogP contribution is -2.03. The van der Waals surface area contributed by atoms with Gasteiger partial charge in [-0.2, -0.15) is 0 Å². The number of hydrogen-bond donors (Lipinski definition) is 1. The highest BCUT2D eigenvalue weighted by Crippen LogP contribution is 2.39. The number of Topliss-reactive ketones (excluding diaryl/α,β-unsaturated/α-hetero) is 1. The zero-order valence-corrected chi connectivity index (χ0v) is 10.4. The second kappa shape index (κ2) is 4.53. The van der Waals surface area contributed by atoms with E-state index < -0.39 is 0 Å². The minimum atomic E-state index is 0.112. The van der Waals surface area contributed by atoms with Crippen LogP contribution in [0.1, 0.15) is 41.4 Å². The first-order chi connectivity index (χ1) is 8.78. The average Bonchev–Trinajstić information content (AvgIpc) is 3.15. The van der Waals surface area contributed by atoms with Gasteiger partial charge in [-0.1, -0.05) is 0 Å². The van der Waals surface area contributed by atoms with Gasteiger partial charge in [0.1, 0.15) is 5.82 Å². The number of aromatic amines is 1. The standard InChI is InChI=1S/C14H16N2O2/c1-18-7-6-13(17)10-4-5-11-12(8-10)16-14(15-11)9-2-3-9/h4-5,8-9H,2-3,6-7H2,1H3,(H,15,16). The van der Waals surface area contributed by atoms with Gasteiger partial charge in [0.15, 0.2) is 5.78 Å². The Morgan fingerprint density at radius 2 is 2.33 bits per heavy atom. The molecule has 1 fully saturated rings. The van der Waals surface area contributed by atoms with Gasteiger partial charge in [-0.05, 0) is 31.0 Å². The molecule has 4 heteroatoms. The number of nitrogens with one attached hydrogen (secondary N) is 1. The number of methoxy groups -OCH3 is 1. The van der Waals surface area contributed by atoms with Crippen LogP contribution in [0.2, 0.25) is 0 Å². The van der Waals surface area contributed by atoms with Crippen molar-refractivity contribution >= 4 is 16.8 Å². The SMILES string of the molecule is COCCC(=O)c1ccc2nc(C3CC3)[nH]c2c1. The number of rotatable bonds is 5. The summed E-state index contributed by atoms with van der Waals surface area (Å²) in [5.74, 6) is 1.78. The Labute approximate surface area is 105 Å². The van der Waals surface area contributed by atoms with Crippen molar-refractivity contribution in [2.45, 2.75) is 25.2 Å². The van der Waals surface area contributed by atoms with Crippen molar-refractivity contribution in [3.8, 4) is 0 Å². The number of carbonyl (C=O) groups is 1. The van der Waals surface area contributed by atoms with E-state index in [0.717, 1.165) is 22.4 Å². The first-order valence-electron chi connectivity index (χ1n) is 6.30. The predicted octanol–water partition coefficient (Wildman–Crippen LogP) is 2.66. The molecule has 0 saturated heterocycles. The normalized spacial score (nSPS) is 15.2. The molecule has 1 N–H and O–H groups in total. The van der Waals surface area contributed by atoms with E-state index in [1.807, 2.05) is 18.2 Å². The van der Waals surface area contributed by atoms with Gasteiger partial charge in [-0.25, -0.2) is 4.98 Å². The third-order valence-corrected chi connectivity index (χ3v) is 3.32. The Kier molecular flexibility index (Phi) is 2.88. The van der Waals surface area contributed by atoms with Crippen LogP contribution in [-0.2, 0) is 4.74 Å². The van der Waals surface area contributed by atoms with Crippen molar-refractivity contribution in [3.05, 3.63) is 29.6 Å². The number of imidazole rings is 1. The second-order valence-electron chi connectivity index (χ2n) is 4.79. The van der Waals surface area contributed by atoms with E-state index in [9.17, 15) is 4.79 Å². The molecule has 2 aromatic rings. The van der Waals surface area contributed by atoms with E-state index in [1.165, 1.54) is 12.8 Å². The lowest BCUT2D eigenvalue weighted by Gasteiger charge is -2.00. The number of ether oxygens (including phenoxy) is 1. The van der Waals surface area contributed by atoms with E-state index in [4.69, 9.17) is 4.74 Å². The van der Waals surface area contributed by atoms with Crippen molar-refractivity contribution < 1.29 is 9.53 Å². The maximum absolute atomic E-state index is 11.9. The maximum Gasteiger partial charge on any atom is 0.165 e. The summed E-state index contributed by atoms with van der Waals surface area (Å²) in [5.41, 5.74) is 2.63. The zero-order chi connectivity index (χ0) is 12.5. The Bertz CT molecular complexity index is 584. The van der Waals surface area contributed by atoms with Gasteiger partial charge in [0.2, 0.25) is 0 Å².